The minimum atomic E-state index is -4.30. The first-order chi connectivity index (χ1) is 14.3. The zero-order valence-electron chi connectivity index (χ0n) is 16.4. The van der Waals surface area contributed by atoms with Gasteiger partial charge < -0.3 is 9.47 Å². The van der Waals surface area contributed by atoms with Crippen molar-refractivity contribution in [2.45, 2.75) is 18.0 Å². The molecule has 0 spiro atoms. The lowest BCUT2D eigenvalue weighted by molar-refractivity contribution is 0.352. The van der Waals surface area contributed by atoms with Gasteiger partial charge in [-0.25, -0.2) is 17.2 Å². The number of hydrogen-bond donors (Lipinski definition) is 0. The Morgan fingerprint density at radius 3 is 2.33 bits per heavy atom. The van der Waals surface area contributed by atoms with Gasteiger partial charge in [0.15, 0.2) is 11.5 Å². The fourth-order valence-electron chi connectivity index (χ4n) is 2.90. The van der Waals surface area contributed by atoms with Crippen molar-refractivity contribution in [3.63, 3.8) is 0 Å². The van der Waals surface area contributed by atoms with E-state index in [1.165, 1.54) is 20.4 Å². The van der Waals surface area contributed by atoms with Crippen LogP contribution >= 0.6 is 0 Å². The number of ether oxygens (including phenoxy) is 2. The summed E-state index contributed by atoms with van der Waals surface area (Å²) in [5, 5.41) is 0. The number of nitrogens with zero attached hydrogens (tertiary/aromatic N) is 2. The quantitative estimate of drug-likeness (QED) is 0.540. The Morgan fingerprint density at radius 2 is 1.70 bits per heavy atom. The molecule has 0 amide bonds. The summed E-state index contributed by atoms with van der Waals surface area (Å²) in [7, 11) is -1.34. The van der Waals surface area contributed by atoms with Crippen molar-refractivity contribution in [3.8, 4) is 11.5 Å². The molecule has 1 heterocycles. The predicted molar refractivity (Wildman–Crippen MR) is 107 cm³/mol. The predicted octanol–water partition coefficient (Wildman–Crippen LogP) is 3.77. The molecule has 0 N–H and O–H groups in total. The molecule has 9 heteroatoms. The van der Waals surface area contributed by atoms with E-state index in [0.717, 1.165) is 16.4 Å². The molecular formula is C21H20F2N2O4S. The second-order valence-corrected chi connectivity index (χ2v) is 8.26. The molecule has 0 aliphatic heterocycles. The first-order valence-electron chi connectivity index (χ1n) is 8.91. The van der Waals surface area contributed by atoms with Crippen molar-refractivity contribution in [2.75, 3.05) is 14.2 Å². The molecule has 0 bridgehead atoms. The maximum absolute atomic E-state index is 14.3. The number of aromatic nitrogens is 1. The summed E-state index contributed by atoms with van der Waals surface area (Å²) >= 11 is 0. The zero-order valence-corrected chi connectivity index (χ0v) is 17.2. The highest BCUT2D eigenvalue weighted by Crippen LogP contribution is 2.30. The Bertz CT molecular complexity index is 1130. The molecule has 30 heavy (non-hydrogen) atoms. The highest BCUT2D eigenvalue weighted by Gasteiger charge is 2.29. The fourth-order valence-corrected chi connectivity index (χ4v) is 4.35. The largest absolute Gasteiger partial charge is 0.493 e. The SMILES string of the molecule is COc1ccc(CN(Cc2ccccn2)S(=O)(=O)c2ccc(F)cc2F)cc1OC. The van der Waals surface area contributed by atoms with Crippen LogP contribution in [0.25, 0.3) is 0 Å². The van der Waals surface area contributed by atoms with Crippen LogP contribution in [0.2, 0.25) is 0 Å². The smallest absolute Gasteiger partial charge is 0.246 e. The topological polar surface area (TPSA) is 68.7 Å². The monoisotopic (exact) mass is 434 g/mol. The number of sulfonamides is 1. The fraction of sp³-hybridized carbons (Fsp3) is 0.190. The minimum absolute atomic E-state index is 0.0872. The third kappa shape index (κ3) is 4.74. The second-order valence-electron chi connectivity index (χ2n) is 6.36. The van der Waals surface area contributed by atoms with Gasteiger partial charge in [-0.1, -0.05) is 12.1 Å². The van der Waals surface area contributed by atoms with Gasteiger partial charge in [-0.3, -0.25) is 4.98 Å². The van der Waals surface area contributed by atoms with Crippen LogP contribution < -0.4 is 9.47 Å². The average Bonchev–Trinajstić information content (AvgIpc) is 2.73. The number of pyridine rings is 1. The zero-order chi connectivity index (χ0) is 21.7. The molecule has 0 radical (unpaired) electrons. The number of hydrogen-bond acceptors (Lipinski definition) is 5. The van der Waals surface area contributed by atoms with Crippen molar-refractivity contribution in [2.24, 2.45) is 0 Å². The lowest BCUT2D eigenvalue weighted by Gasteiger charge is -2.23. The van der Waals surface area contributed by atoms with Crippen LogP contribution in [0.15, 0.2) is 65.7 Å². The lowest BCUT2D eigenvalue weighted by Crippen LogP contribution is -2.31. The standard InChI is InChI=1S/C21H20F2N2O4S/c1-28-19-8-6-15(11-20(19)29-2)13-25(14-17-5-3-4-10-24-17)30(26,27)21-9-7-16(22)12-18(21)23/h3-12H,13-14H2,1-2H3. The van der Waals surface area contributed by atoms with Gasteiger partial charge >= 0.3 is 0 Å². The molecule has 0 fully saturated rings. The number of benzene rings is 2. The Kier molecular flexibility index (Phi) is 6.63. The van der Waals surface area contributed by atoms with Crippen molar-refractivity contribution < 1.29 is 26.7 Å². The average molecular weight is 434 g/mol. The Hall–Kier alpha value is -3.04. The highest BCUT2D eigenvalue weighted by atomic mass is 32.2. The summed E-state index contributed by atoms with van der Waals surface area (Å²) < 4.78 is 65.6. The van der Waals surface area contributed by atoms with E-state index in [1.54, 1.807) is 36.4 Å². The number of rotatable bonds is 8. The summed E-state index contributed by atoms with van der Waals surface area (Å²) in [4.78, 5) is 3.55. The van der Waals surface area contributed by atoms with Gasteiger partial charge in [-0.2, -0.15) is 4.31 Å². The first kappa shape index (κ1) is 21.7. The van der Waals surface area contributed by atoms with Gasteiger partial charge in [-0.15, -0.1) is 0 Å². The first-order valence-corrected chi connectivity index (χ1v) is 10.3. The third-order valence-corrected chi connectivity index (χ3v) is 6.21. The van der Waals surface area contributed by atoms with Gasteiger partial charge in [0.1, 0.15) is 16.5 Å². The Morgan fingerprint density at radius 1 is 0.933 bits per heavy atom. The van der Waals surface area contributed by atoms with Crippen molar-refractivity contribution in [1.82, 2.24) is 9.29 Å². The lowest BCUT2D eigenvalue weighted by atomic mass is 10.2. The molecule has 0 aliphatic rings. The van der Waals surface area contributed by atoms with E-state index in [1.807, 2.05) is 0 Å². The second kappa shape index (κ2) is 9.19. The maximum Gasteiger partial charge on any atom is 0.246 e. The van der Waals surface area contributed by atoms with E-state index < -0.39 is 26.6 Å². The molecule has 3 aromatic rings. The van der Waals surface area contributed by atoms with E-state index in [4.69, 9.17) is 9.47 Å². The molecule has 0 unspecified atom stereocenters. The normalized spacial score (nSPS) is 11.5. The van der Waals surface area contributed by atoms with Crippen molar-refractivity contribution in [3.05, 3.63) is 83.7 Å². The number of halogens is 2. The molecule has 2 aromatic carbocycles. The van der Waals surface area contributed by atoms with Crippen LogP contribution in [0.5, 0.6) is 11.5 Å². The van der Waals surface area contributed by atoms with Crippen LogP contribution in [0.4, 0.5) is 8.78 Å². The van der Waals surface area contributed by atoms with Gasteiger partial charge in [0.05, 0.1) is 26.5 Å². The van der Waals surface area contributed by atoms with Crippen molar-refractivity contribution >= 4 is 10.0 Å². The summed E-state index contributed by atoms with van der Waals surface area (Å²) in [6.07, 6.45) is 1.54. The summed E-state index contributed by atoms with van der Waals surface area (Å²) in [5.41, 5.74) is 1.07. The molecule has 3 rings (SSSR count). The maximum atomic E-state index is 14.3. The van der Waals surface area contributed by atoms with Crippen molar-refractivity contribution in [1.29, 1.82) is 0 Å². The molecule has 0 aliphatic carbocycles. The Labute approximate surface area is 173 Å². The molecule has 0 atom stereocenters. The van der Waals surface area contributed by atoms with Gasteiger partial charge in [0.2, 0.25) is 10.0 Å². The van der Waals surface area contributed by atoms with Crippen LogP contribution in [-0.4, -0.2) is 31.9 Å². The molecule has 0 saturated heterocycles. The summed E-state index contributed by atoms with van der Waals surface area (Å²) in [6, 6.07) is 12.4. The van der Waals surface area contributed by atoms with E-state index in [9.17, 15) is 17.2 Å². The molecule has 1 aromatic heterocycles. The molecule has 158 valence electrons. The summed E-state index contributed by atoms with van der Waals surface area (Å²) in [6.45, 7) is -0.190. The van der Waals surface area contributed by atoms with E-state index in [0.29, 0.717) is 28.8 Å². The van der Waals surface area contributed by atoms with Crippen LogP contribution in [0.3, 0.4) is 0 Å². The minimum Gasteiger partial charge on any atom is -0.493 e. The molecular weight excluding hydrogens is 414 g/mol. The Balaban J connectivity index is 2.02. The molecule has 0 saturated carbocycles. The van der Waals surface area contributed by atoms with Gasteiger partial charge in [-0.05, 0) is 42.0 Å². The van der Waals surface area contributed by atoms with Gasteiger partial charge in [0.25, 0.3) is 0 Å². The molecule has 6 nitrogen and oxygen atoms in total. The number of methoxy groups -OCH3 is 2. The van der Waals surface area contributed by atoms with Crippen LogP contribution in [-0.2, 0) is 23.1 Å². The van der Waals surface area contributed by atoms with E-state index >= 15 is 0 Å². The van der Waals surface area contributed by atoms with Crippen LogP contribution in [0, 0.1) is 11.6 Å². The van der Waals surface area contributed by atoms with E-state index in [2.05, 4.69) is 4.98 Å². The van der Waals surface area contributed by atoms with Crippen LogP contribution in [0.1, 0.15) is 11.3 Å². The highest BCUT2D eigenvalue weighted by molar-refractivity contribution is 7.89. The third-order valence-electron chi connectivity index (χ3n) is 4.38. The summed E-state index contributed by atoms with van der Waals surface area (Å²) in [5.74, 6) is -1.10. The van der Waals surface area contributed by atoms with Gasteiger partial charge in [0, 0.05) is 18.8 Å². The van der Waals surface area contributed by atoms with E-state index in [-0.39, 0.29) is 13.1 Å².